The third kappa shape index (κ3) is 3.90. The Morgan fingerprint density at radius 2 is 2.30 bits per heavy atom. The van der Waals surface area contributed by atoms with Crippen molar-refractivity contribution in [2.24, 2.45) is 5.92 Å². The number of carbonyl (C=O) groups excluding carboxylic acids is 2. The number of rotatable bonds is 4. The molecule has 6 nitrogen and oxygen atoms in total. The van der Waals surface area contributed by atoms with E-state index in [1.165, 1.54) is 11.3 Å². The van der Waals surface area contributed by atoms with E-state index in [1.807, 2.05) is 11.8 Å². The van der Waals surface area contributed by atoms with Crippen LogP contribution in [-0.2, 0) is 4.79 Å². The Labute approximate surface area is 140 Å². The number of hydrogen-bond donors (Lipinski definition) is 2. The second-order valence-corrected chi connectivity index (χ2v) is 7.28. The maximum atomic E-state index is 12.6. The van der Waals surface area contributed by atoms with Crippen molar-refractivity contribution < 1.29 is 9.59 Å². The summed E-state index contributed by atoms with van der Waals surface area (Å²) in [7, 11) is 0. The van der Waals surface area contributed by atoms with E-state index >= 15 is 0 Å². The normalized spacial score (nSPS) is 24.7. The molecule has 2 amide bonds. The standard InChI is InChI=1S/C16H24N4O2S/c1-11-14(23-10-19-11)16(22)20-7-3-4-12(9-20)8-18-15(21)13-5-2-6-17-13/h10,12-13,17H,2-9H2,1H3,(H,18,21). The lowest BCUT2D eigenvalue weighted by Crippen LogP contribution is -2.46. The first-order valence-electron chi connectivity index (χ1n) is 8.35. The molecule has 2 aliphatic rings. The molecule has 7 heteroatoms. The van der Waals surface area contributed by atoms with Crippen LogP contribution in [0.25, 0.3) is 0 Å². The highest BCUT2D eigenvalue weighted by molar-refractivity contribution is 7.11. The molecule has 2 N–H and O–H groups in total. The van der Waals surface area contributed by atoms with Gasteiger partial charge in [-0.3, -0.25) is 9.59 Å². The van der Waals surface area contributed by atoms with Crippen LogP contribution in [0.1, 0.15) is 41.0 Å². The number of carbonyl (C=O) groups is 2. The van der Waals surface area contributed by atoms with Gasteiger partial charge in [0.25, 0.3) is 5.91 Å². The molecule has 0 saturated carbocycles. The van der Waals surface area contributed by atoms with Gasteiger partial charge in [-0.25, -0.2) is 4.98 Å². The van der Waals surface area contributed by atoms with Crippen LogP contribution in [0.4, 0.5) is 0 Å². The summed E-state index contributed by atoms with van der Waals surface area (Å²) in [4.78, 5) is 31.5. The third-order valence-corrected chi connectivity index (χ3v) is 5.60. The van der Waals surface area contributed by atoms with Crippen molar-refractivity contribution >= 4 is 23.2 Å². The highest BCUT2D eigenvalue weighted by atomic mass is 32.1. The van der Waals surface area contributed by atoms with E-state index in [2.05, 4.69) is 15.6 Å². The van der Waals surface area contributed by atoms with Gasteiger partial charge in [0.05, 0.1) is 17.2 Å². The summed E-state index contributed by atoms with van der Waals surface area (Å²) in [6, 6.07) is -0.0313. The zero-order valence-electron chi connectivity index (χ0n) is 13.5. The van der Waals surface area contributed by atoms with Gasteiger partial charge in [-0.05, 0) is 45.1 Å². The molecule has 0 aliphatic carbocycles. The van der Waals surface area contributed by atoms with Gasteiger partial charge in [0, 0.05) is 19.6 Å². The summed E-state index contributed by atoms with van der Waals surface area (Å²) in [6.45, 7) is 4.97. The summed E-state index contributed by atoms with van der Waals surface area (Å²) in [5.74, 6) is 0.522. The molecular weight excluding hydrogens is 312 g/mol. The van der Waals surface area contributed by atoms with E-state index in [9.17, 15) is 9.59 Å². The fourth-order valence-corrected chi connectivity index (χ4v) is 4.11. The molecule has 126 valence electrons. The van der Waals surface area contributed by atoms with Gasteiger partial charge in [0.1, 0.15) is 4.88 Å². The number of aryl methyl sites for hydroxylation is 1. The van der Waals surface area contributed by atoms with Crippen molar-refractivity contribution in [2.45, 2.75) is 38.6 Å². The van der Waals surface area contributed by atoms with Gasteiger partial charge in [-0.1, -0.05) is 0 Å². The molecule has 0 aromatic carbocycles. The van der Waals surface area contributed by atoms with Crippen molar-refractivity contribution in [2.75, 3.05) is 26.2 Å². The number of piperidine rings is 1. The summed E-state index contributed by atoms with van der Waals surface area (Å²) < 4.78 is 0. The van der Waals surface area contributed by atoms with Crippen molar-refractivity contribution in [1.82, 2.24) is 20.5 Å². The Bertz CT molecular complexity index is 568. The molecule has 0 bridgehead atoms. The minimum Gasteiger partial charge on any atom is -0.354 e. The van der Waals surface area contributed by atoms with Gasteiger partial charge in [0.2, 0.25) is 5.91 Å². The minimum absolute atomic E-state index is 0.0313. The van der Waals surface area contributed by atoms with Crippen molar-refractivity contribution in [3.63, 3.8) is 0 Å². The van der Waals surface area contributed by atoms with Crippen molar-refractivity contribution in [3.05, 3.63) is 16.1 Å². The zero-order chi connectivity index (χ0) is 16.2. The SMILES string of the molecule is Cc1ncsc1C(=O)N1CCCC(CNC(=O)C2CCCN2)C1. The number of likely N-dealkylation sites (tertiary alicyclic amines) is 1. The first-order chi connectivity index (χ1) is 11.1. The molecule has 3 rings (SSSR count). The molecule has 2 aliphatic heterocycles. The van der Waals surface area contributed by atoms with Crippen molar-refractivity contribution in [3.8, 4) is 0 Å². The van der Waals surface area contributed by atoms with Crippen LogP contribution < -0.4 is 10.6 Å². The third-order valence-electron chi connectivity index (χ3n) is 4.69. The van der Waals surface area contributed by atoms with Gasteiger partial charge >= 0.3 is 0 Å². The highest BCUT2D eigenvalue weighted by Gasteiger charge is 2.28. The lowest BCUT2D eigenvalue weighted by atomic mass is 9.97. The van der Waals surface area contributed by atoms with Gasteiger partial charge < -0.3 is 15.5 Å². The molecule has 1 aromatic rings. The molecule has 2 atom stereocenters. The second kappa shape index (κ2) is 7.40. The van der Waals surface area contributed by atoms with E-state index in [1.54, 1.807) is 5.51 Å². The van der Waals surface area contributed by atoms with Crippen LogP contribution in [0, 0.1) is 12.8 Å². The van der Waals surface area contributed by atoms with Crippen molar-refractivity contribution in [1.29, 1.82) is 0 Å². The minimum atomic E-state index is -0.0313. The summed E-state index contributed by atoms with van der Waals surface area (Å²) in [5, 5.41) is 6.26. The largest absolute Gasteiger partial charge is 0.354 e. The van der Waals surface area contributed by atoms with Gasteiger partial charge in [-0.15, -0.1) is 11.3 Å². The Morgan fingerprint density at radius 1 is 1.43 bits per heavy atom. The van der Waals surface area contributed by atoms with E-state index in [0.717, 1.165) is 49.3 Å². The summed E-state index contributed by atoms with van der Waals surface area (Å²) in [5.41, 5.74) is 2.53. The summed E-state index contributed by atoms with van der Waals surface area (Å²) >= 11 is 1.41. The van der Waals surface area contributed by atoms with E-state index in [4.69, 9.17) is 0 Å². The van der Waals surface area contributed by atoms with Crippen LogP contribution in [0.2, 0.25) is 0 Å². The molecule has 2 saturated heterocycles. The van der Waals surface area contributed by atoms with E-state index in [0.29, 0.717) is 19.0 Å². The van der Waals surface area contributed by atoms with E-state index in [-0.39, 0.29) is 17.9 Å². The molecule has 2 unspecified atom stereocenters. The van der Waals surface area contributed by atoms with Crippen LogP contribution >= 0.6 is 11.3 Å². The van der Waals surface area contributed by atoms with Crippen LogP contribution in [-0.4, -0.2) is 53.9 Å². The van der Waals surface area contributed by atoms with Gasteiger partial charge in [-0.2, -0.15) is 0 Å². The Morgan fingerprint density at radius 3 is 3.00 bits per heavy atom. The smallest absolute Gasteiger partial charge is 0.265 e. The maximum Gasteiger partial charge on any atom is 0.265 e. The molecule has 0 radical (unpaired) electrons. The fraction of sp³-hybridized carbons (Fsp3) is 0.688. The predicted octanol–water partition coefficient (Wildman–Crippen LogP) is 1.17. The molecule has 3 heterocycles. The number of amides is 2. The van der Waals surface area contributed by atoms with Crippen LogP contribution in [0.15, 0.2) is 5.51 Å². The topological polar surface area (TPSA) is 74.3 Å². The number of nitrogens with one attached hydrogen (secondary N) is 2. The van der Waals surface area contributed by atoms with E-state index < -0.39 is 0 Å². The van der Waals surface area contributed by atoms with Crippen LogP contribution in [0.5, 0.6) is 0 Å². The average molecular weight is 336 g/mol. The lowest BCUT2D eigenvalue weighted by Gasteiger charge is -2.32. The monoisotopic (exact) mass is 336 g/mol. The molecular formula is C16H24N4O2S. The molecule has 2 fully saturated rings. The first kappa shape index (κ1) is 16.4. The lowest BCUT2D eigenvalue weighted by molar-refractivity contribution is -0.123. The fourth-order valence-electron chi connectivity index (χ4n) is 3.34. The Hall–Kier alpha value is -1.47. The van der Waals surface area contributed by atoms with Crippen LogP contribution in [0.3, 0.4) is 0 Å². The second-order valence-electron chi connectivity index (χ2n) is 6.42. The number of aromatic nitrogens is 1. The number of nitrogens with zero attached hydrogens (tertiary/aromatic N) is 2. The van der Waals surface area contributed by atoms with Gasteiger partial charge in [0.15, 0.2) is 0 Å². The first-order valence-corrected chi connectivity index (χ1v) is 9.23. The maximum absolute atomic E-state index is 12.6. The quantitative estimate of drug-likeness (QED) is 0.866. The predicted molar refractivity (Wildman–Crippen MR) is 89.5 cm³/mol. The summed E-state index contributed by atoms with van der Waals surface area (Å²) in [6.07, 6.45) is 4.04. The number of hydrogen-bond acceptors (Lipinski definition) is 5. The zero-order valence-corrected chi connectivity index (χ0v) is 14.3. The molecule has 1 aromatic heterocycles. The highest BCUT2D eigenvalue weighted by Crippen LogP contribution is 2.21. The molecule has 0 spiro atoms. The molecule has 23 heavy (non-hydrogen) atoms. The Kier molecular flexibility index (Phi) is 5.27. The number of thiazole rings is 1. The average Bonchev–Trinajstić information content (AvgIpc) is 3.23. The Balaban J connectivity index is 1.51.